The number of aryl methyl sites for hydroxylation is 1. The summed E-state index contributed by atoms with van der Waals surface area (Å²) in [6, 6.07) is 1.96. The molecule has 0 aliphatic rings. The van der Waals surface area contributed by atoms with E-state index in [0.29, 0.717) is 12.2 Å². The molecule has 0 unspecified atom stereocenters. The van der Waals surface area contributed by atoms with Crippen LogP contribution in [0.5, 0.6) is 0 Å². The standard InChI is InChI=1S/C9H10N2/c1-3-4-8-5-7(2)6-11-9(8)10/h1,5-6H,4H2,2H3,(H2,10,11). The molecule has 0 aliphatic carbocycles. The summed E-state index contributed by atoms with van der Waals surface area (Å²) in [7, 11) is 0. The summed E-state index contributed by atoms with van der Waals surface area (Å²) in [5.74, 6) is 3.07. The van der Waals surface area contributed by atoms with Crippen LogP contribution in [0.15, 0.2) is 12.3 Å². The maximum absolute atomic E-state index is 5.57. The van der Waals surface area contributed by atoms with E-state index in [2.05, 4.69) is 10.9 Å². The Bertz CT molecular complexity index is 297. The zero-order chi connectivity index (χ0) is 8.27. The maximum atomic E-state index is 5.57. The van der Waals surface area contributed by atoms with Crippen molar-refractivity contribution in [2.24, 2.45) is 0 Å². The fraction of sp³-hybridized carbons (Fsp3) is 0.222. The molecule has 0 saturated heterocycles. The van der Waals surface area contributed by atoms with Crippen LogP contribution in [0.4, 0.5) is 5.82 Å². The predicted octanol–water partition coefficient (Wildman–Crippen LogP) is 1.15. The summed E-state index contributed by atoms with van der Waals surface area (Å²) in [5, 5.41) is 0. The largest absolute Gasteiger partial charge is 0.383 e. The van der Waals surface area contributed by atoms with Crippen LogP contribution in [0.25, 0.3) is 0 Å². The molecule has 0 fully saturated rings. The summed E-state index contributed by atoms with van der Waals surface area (Å²) in [4.78, 5) is 3.98. The average molecular weight is 146 g/mol. The van der Waals surface area contributed by atoms with Gasteiger partial charge in [0.05, 0.1) is 0 Å². The molecule has 0 spiro atoms. The highest BCUT2D eigenvalue weighted by atomic mass is 14.8. The van der Waals surface area contributed by atoms with Crippen molar-refractivity contribution in [1.82, 2.24) is 4.98 Å². The number of rotatable bonds is 1. The fourth-order valence-corrected chi connectivity index (χ4v) is 0.892. The highest BCUT2D eigenvalue weighted by Gasteiger charge is 1.97. The first kappa shape index (κ1) is 7.62. The molecule has 0 radical (unpaired) electrons. The lowest BCUT2D eigenvalue weighted by molar-refractivity contribution is 1.19. The Morgan fingerprint density at radius 2 is 2.45 bits per heavy atom. The zero-order valence-electron chi connectivity index (χ0n) is 6.46. The monoisotopic (exact) mass is 146 g/mol. The van der Waals surface area contributed by atoms with Gasteiger partial charge in [-0.3, -0.25) is 0 Å². The van der Waals surface area contributed by atoms with Crippen molar-refractivity contribution in [3.8, 4) is 12.3 Å². The van der Waals surface area contributed by atoms with Crippen LogP contribution < -0.4 is 5.73 Å². The summed E-state index contributed by atoms with van der Waals surface area (Å²) < 4.78 is 0. The number of aromatic nitrogens is 1. The van der Waals surface area contributed by atoms with Crippen molar-refractivity contribution in [3.63, 3.8) is 0 Å². The fourth-order valence-electron chi connectivity index (χ4n) is 0.892. The second-order valence-corrected chi connectivity index (χ2v) is 2.44. The first-order valence-electron chi connectivity index (χ1n) is 3.38. The van der Waals surface area contributed by atoms with E-state index in [0.717, 1.165) is 11.1 Å². The molecule has 0 saturated carbocycles. The molecule has 2 N–H and O–H groups in total. The van der Waals surface area contributed by atoms with E-state index in [1.54, 1.807) is 6.20 Å². The van der Waals surface area contributed by atoms with Gasteiger partial charge in [-0.1, -0.05) is 0 Å². The third kappa shape index (κ3) is 1.71. The normalized spacial score (nSPS) is 9.09. The van der Waals surface area contributed by atoms with Crippen LogP contribution in [-0.2, 0) is 6.42 Å². The van der Waals surface area contributed by atoms with E-state index in [9.17, 15) is 0 Å². The van der Waals surface area contributed by atoms with Crippen molar-refractivity contribution < 1.29 is 0 Å². The third-order valence-electron chi connectivity index (χ3n) is 1.43. The van der Waals surface area contributed by atoms with Crippen molar-refractivity contribution in [2.75, 3.05) is 5.73 Å². The zero-order valence-corrected chi connectivity index (χ0v) is 6.46. The molecule has 1 rings (SSSR count). The van der Waals surface area contributed by atoms with E-state index < -0.39 is 0 Å². The maximum Gasteiger partial charge on any atom is 0.127 e. The average Bonchev–Trinajstić information content (AvgIpc) is 1.98. The van der Waals surface area contributed by atoms with Crippen LogP contribution in [0, 0.1) is 19.3 Å². The molecule has 56 valence electrons. The quantitative estimate of drug-likeness (QED) is 0.603. The minimum Gasteiger partial charge on any atom is -0.383 e. The molecule has 0 bridgehead atoms. The van der Waals surface area contributed by atoms with Gasteiger partial charge in [0, 0.05) is 18.2 Å². The van der Waals surface area contributed by atoms with Crippen LogP contribution in [0.1, 0.15) is 11.1 Å². The number of anilines is 1. The highest BCUT2D eigenvalue weighted by Crippen LogP contribution is 2.09. The lowest BCUT2D eigenvalue weighted by Gasteiger charge is -2.00. The first-order chi connectivity index (χ1) is 5.24. The summed E-state index contributed by atoms with van der Waals surface area (Å²) in [6.07, 6.45) is 7.43. The van der Waals surface area contributed by atoms with E-state index in [-0.39, 0.29) is 0 Å². The van der Waals surface area contributed by atoms with Gasteiger partial charge in [-0.2, -0.15) is 0 Å². The Balaban J connectivity index is 3.05. The van der Waals surface area contributed by atoms with E-state index in [4.69, 9.17) is 12.2 Å². The van der Waals surface area contributed by atoms with Gasteiger partial charge in [-0.15, -0.1) is 12.3 Å². The second kappa shape index (κ2) is 3.07. The van der Waals surface area contributed by atoms with Gasteiger partial charge in [0.15, 0.2) is 0 Å². The molecule has 1 aromatic heterocycles. The third-order valence-corrected chi connectivity index (χ3v) is 1.43. The molecule has 1 aromatic rings. The Morgan fingerprint density at radius 3 is 3.09 bits per heavy atom. The molecule has 11 heavy (non-hydrogen) atoms. The van der Waals surface area contributed by atoms with Crippen LogP contribution in [0.3, 0.4) is 0 Å². The summed E-state index contributed by atoms with van der Waals surface area (Å²) in [5.41, 5.74) is 7.59. The lowest BCUT2D eigenvalue weighted by Crippen LogP contribution is -1.97. The Labute approximate surface area is 66.4 Å². The Morgan fingerprint density at radius 1 is 1.73 bits per heavy atom. The highest BCUT2D eigenvalue weighted by molar-refractivity contribution is 5.42. The number of terminal acetylenes is 1. The van der Waals surface area contributed by atoms with E-state index in [1.165, 1.54) is 0 Å². The van der Waals surface area contributed by atoms with E-state index >= 15 is 0 Å². The summed E-state index contributed by atoms with van der Waals surface area (Å²) >= 11 is 0. The molecule has 0 amide bonds. The Hall–Kier alpha value is -1.49. The minimum absolute atomic E-state index is 0.536. The Kier molecular flexibility index (Phi) is 2.12. The number of pyridine rings is 1. The summed E-state index contributed by atoms with van der Waals surface area (Å²) in [6.45, 7) is 1.96. The van der Waals surface area contributed by atoms with Crippen molar-refractivity contribution in [2.45, 2.75) is 13.3 Å². The van der Waals surface area contributed by atoms with Gasteiger partial charge in [0.1, 0.15) is 5.82 Å². The minimum atomic E-state index is 0.536. The molecular formula is C9H10N2. The van der Waals surface area contributed by atoms with Gasteiger partial charge >= 0.3 is 0 Å². The second-order valence-electron chi connectivity index (χ2n) is 2.44. The topological polar surface area (TPSA) is 38.9 Å². The van der Waals surface area contributed by atoms with Crippen molar-refractivity contribution in [3.05, 3.63) is 23.4 Å². The number of nitrogen functional groups attached to an aromatic ring is 1. The molecular weight excluding hydrogens is 136 g/mol. The van der Waals surface area contributed by atoms with E-state index in [1.807, 2.05) is 13.0 Å². The van der Waals surface area contributed by atoms with Gasteiger partial charge in [0.25, 0.3) is 0 Å². The number of hydrogen-bond donors (Lipinski definition) is 1. The number of hydrogen-bond acceptors (Lipinski definition) is 2. The van der Waals surface area contributed by atoms with Gasteiger partial charge in [-0.05, 0) is 18.6 Å². The predicted molar refractivity (Wildman–Crippen MR) is 45.9 cm³/mol. The number of nitrogens with zero attached hydrogens (tertiary/aromatic N) is 1. The van der Waals surface area contributed by atoms with Gasteiger partial charge in [0.2, 0.25) is 0 Å². The van der Waals surface area contributed by atoms with Crippen LogP contribution in [-0.4, -0.2) is 4.98 Å². The molecule has 1 heterocycles. The number of nitrogens with two attached hydrogens (primary N) is 1. The molecule has 0 atom stereocenters. The SMILES string of the molecule is C#CCc1cc(C)cnc1N. The molecule has 2 nitrogen and oxygen atoms in total. The molecule has 2 heteroatoms. The lowest BCUT2D eigenvalue weighted by atomic mass is 10.1. The van der Waals surface area contributed by atoms with Gasteiger partial charge in [-0.25, -0.2) is 4.98 Å². The molecule has 0 aromatic carbocycles. The van der Waals surface area contributed by atoms with Crippen molar-refractivity contribution in [1.29, 1.82) is 0 Å². The van der Waals surface area contributed by atoms with Gasteiger partial charge < -0.3 is 5.73 Å². The van der Waals surface area contributed by atoms with Crippen LogP contribution in [0.2, 0.25) is 0 Å². The molecule has 0 aliphatic heterocycles. The van der Waals surface area contributed by atoms with Crippen molar-refractivity contribution >= 4 is 5.82 Å². The smallest absolute Gasteiger partial charge is 0.127 e. The van der Waals surface area contributed by atoms with Crippen LogP contribution >= 0.6 is 0 Å². The first-order valence-corrected chi connectivity index (χ1v) is 3.38.